The lowest BCUT2D eigenvalue weighted by Gasteiger charge is -2.31. The second-order valence-electron chi connectivity index (χ2n) is 7.05. The molecule has 0 aliphatic carbocycles. The number of amides is 2. The summed E-state index contributed by atoms with van der Waals surface area (Å²) in [6, 6.07) is 7.29. The Morgan fingerprint density at radius 2 is 2.00 bits per heavy atom. The van der Waals surface area contributed by atoms with E-state index in [1.165, 1.54) is 12.8 Å². The van der Waals surface area contributed by atoms with Crippen LogP contribution in [0.2, 0.25) is 0 Å². The summed E-state index contributed by atoms with van der Waals surface area (Å²) in [5.41, 5.74) is 2.90. The van der Waals surface area contributed by atoms with Crippen LogP contribution >= 0.6 is 0 Å². The van der Waals surface area contributed by atoms with E-state index in [2.05, 4.69) is 15.2 Å². The highest BCUT2D eigenvalue weighted by atomic mass is 16.5. The van der Waals surface area contributed by atoms with E-state index >= 15 is 0 Å². The van der Waals surface area contributed by atoms with Gasteiger partial charge < -0.3 is 19.9 Å². The third-order valence-corrected chi connectivity index (χ3v) is 5.16. The highest BCUT2D eigenvalue weighted by Crippen LogP contribution is 2.29. The van der Waals surface area contributed by atoms with Gasteiger partial charge in [0, 0.05) is 43.4 Å². The van der Waals surface area contributed by atoms with Crippen molar-refractivity contribution in [2.45, 2.75) is 32.7 Å². The third-order valence-electron chi connectivity index (χ3n) is 5.16. The molecule has 27 heavy (non-hydrogen) atoms. The normalized spacial score (nSPS) is 16.2. The van der Waals surface area contributed by atoms with E-state index < -0.39 is 0 Å². The van der Waals surface area contributed by atoms with E-state index in [1.807, 2.05) is 36.1 Å². The minimum absolute atomic E-state index is 0.109. The summed E-state index contributed by atoms with van der Waals surface area (Å²) in [6.45, 7) is 5.19. The van der Waals surface area contributed by atoms with Gasteiger partial charge in [0.15, 0.2) is 0 Å². The van der Waals surface area contributed by atoms with Crippen molar-refractivity contribution in [3.63, 3.8) is 0 Å². The number of benzene rings is 1. The summed E-state index contributed by atoms with van der Waals surface area (Å²) >= 11 is 0. The fraction of sp³-hybridized carbons (Fsp3) is 0.450. The van der Waals surface area contributed by atoms with Crippen LogP contribution in [0.15, 0.2) is 24.3 Å². The number of carbonyl (C=O) groups excluding carboxylic acids is 1. The van der Waals surface area contributed by atoms with Crippen molar-refractivity contribution in [1.82, 2.24) is 14.9 Å². The Balaban J connectivity index is 1.54. The SMILES string of the molecule is COc1cccc(NC(=O)N2CCc3nc(C)nc(N4CCCC4)c3C2)c1. The van der Waals surface area contributed by atoms with E-state index in [0.29, 0.717) is 13.1 Å². The van der Waals surface area contributed by atoms with Crippen molar-refractivity contribution in [2.75, 3.05) is 37.0 Å². The van der Waals surface area contributed by atoms with Gasteiger partial charge in [0.05, 0.1) is 19.3 Å². The highest BCUT2D eigenvalue weighted by Gasteiger charge is 2.28. The lowest BCUT2D eigenvalue weighted by Crippen LogP contribution is -2.40. The summed E-state index contributed by atoms with van der Waals surface area (Å²) in [7, 11) is 1.62. The molecule has 0 radical (unpaired) electrons. The zero-order valence-electron chi connectivity index (χ0n) is 15.9. The van der Waals surface area contributed by atoms with Crippen LogP contribution in [0.5, 0.6) is 5.75 Å². The summed E-state index contributed by atoms with van der Waals surface area (Å²) in [6.07, 6.45) is 3.14. The van der Waals surface area contributed by atoms with Crippen molar-refractivity contribution in [3.8, 4) is 5.75 Å². The van der Waals surface area contributed by atoms with Gasteiger partial charge >= 0.3 is 6.03 Å². The largest absolute Gasteiger partial charge is 0.497 e. The number of urea groups is 1. The van der Waals surface area contributed by atoms with Crippen LogP contribution in [0, 0.1) is 6.92 Å². The maximum atomic E-state index is 12.8. The van der Waals surface area contributed by atoms with Crippen LogP contribution in [0.25, 0.3) is 0 Å². The van der Waals surface area contributed by atoms with Crippen molar-refractivity contribution >= 4 is 17.5 Å². The molecule has 0 unspecified atom stereocenters. The molecule has 0 atom stereocenters. The Morgan fingerprint density at radius 3 is 2.78 bits per heavy atom. The first-order valence-electron chi connectivity index (χ1n) is 9.45. The number of nitrogens with zero attached hydrogens (tertiary/aromatic N) is 4. The number of fused-ring (bicyclic) bond motifs is 1. The number of aryl methyl sites for hydroxylation is 1. The Bertz CT molecular complexity index is 848. The molecule has 2 aromatic rings. The molecule has 1 fully saturated rings. The lowest BCUT2D eigenvalue weighted by molar-refractivity contribution is 0.206. The second-order valence-corrected chi connectivity index (χ2v) is 7.05. The van der Waals surface area contributed by atoms with Gasteiger partial charge in [0.2, 0.25) is 0 Å². The molecule has 7 nitrogen and oxygen atoms in total. The van der Waals surface area contributed by atoms with Gasteiger partial charge in [-0.3, -0.25) is 0 Å². The zero-order valence-corrected chi connectivity index (χ0v) is 15.9. The Labute approximate surface area is 159 Å². The van der Waals surface area contributed by atoms with Crippen LogP contribution in [-0.2, 0) is 13.0 Å². The molecule has 142 valence electrons. The minimum atomic E-state index is -0.109. The molecule has 0 bridgehead atoms. The summed E-state index contributed by atoms with van der Waals surface area (Å²) in [4.78, 5) is 26.3. The van der Waals surface area contributed by atoms with Gasteiger partial charge in [0.25, 0.3) is 0 Å². The van der Waals surface area contributed by atoms with Crippen LogP contribution in [0.3, 0.4) is 0 Å². The van der Waals surface area contributed by atoms with Crippen molar-refractivity contribution < 1.29 is 9.53 Å². The quantitative estimate of drug-likeness (QED) is 0.903. The fourth-order valence-corrected chi connectivity index (χ4v) is 3.78. The Hall–Kier alpha value is -2.83. The zero-order chi connectivity index (χ0) is 18.8. The highest BCUT2D eigenvalue weighted by molar-refractivity contribution is 5.89. The topological polar surface area (TPSA) is 70.6 Å². The van der Waals surface area contributed by atoms with Gasteiger partial charge in [-0.15, -0.1) is 0 Å². The maximum Gasteiger partial charge on any atom is 0.322 e. The number of methoxy groups -OCH3 is 1. The molecule has 2 aliphatic heterocycles. The van der Waals surface area contributed by atoms with E-state index in [1.54, 1.807) is 7.11 Å². The van der Waals surface area contributed by atoms with Gasteiger partial charge in [-0.1, -0.05) is 6.07 Å². The van der Waals surface area contributed by atoms with Crippen molar-refractivity contribution in [2.24, 2.45) is 0 Å². The van der Waals surface area contributed by atoms with Crippen LogP contribution in [-0.4, -0.2) is 47.6 Å². The maximum absolute atomic E-state index is 12.8. The number of anilines is 2. The van der Waals surface area contributed by atoms with Gasteiger partial charge in [-0.2, -0.15) is 0 Å². The number of rotatable bonds is 3. The molecular formula is C20H25N5O2. The Morgan fingerprint density at radius 1 is 1.19 bits per heavy atom. The fourth-order valence-electron chi connectivity index (χ4n) is 3.78. The second kappa shape index (κ2) is 7.42. The van der Waals surface area contributed by atoms with Crippen molar-refractivity contribution in [1.29, 1.82) is 0 Å². The average molecular weight is 367 g/mol. The predicted molar refractivity (Wildman–Crippen MR) is 104 cm³/mol. The molecular weight excluding hydrogens is 342 g/mol. The van der Waals surface area contributed by atoms with Crippen LogP contribution in [0.1, 0.15) is 29.9 Å². The summed E-state index contributed by atoms with van der Waals surface area (Å²) in [5, 5.41) is 2.97. The Kier molecular flexibility index (Phi) is 4.83. The standard InChI is InChI=1S/C20H25N5O2/c1-14-21-18-8-11-25(13-17(18)19(22-14)24-9-3-4-10-24)20(26)23-15-6-5-7-16(12-15)27-2/h5-7,12H,3-4,8-11,13H2,1-2H3,(H,23,26). The molecule has 3 heterocycles. The van der Waals surface area contributed by atoms with E-state index in [-0.39, 0.29) is 6.03 Å². The van der Waals surface area contributed by atoms with Crippen LogP contribution < -0.4 is 15.0 Å². The third kappa shape index (κ3) is 3.67. The lowest BCUT2D eigenvalue weighted by atomic mass is 10.1. The molecule has 1 N–H and O–H groups in total. The number of ether oxygens (including phenoxy) is 1. The number of carbonyl (C=O) groups is 1. The van der Waals surface area contributed by atoms with Gasteiger partial charge in [-0.25, -0.2) is 14.8 Å². The minimum Gasteiger partial charge on any atom is -0.497 e. The van der Waals surface area contributed by atoms with E-state index in [0.717, 1.165) is 53.8 Å². The first-order chi connectivity index (χ1) is 13.1. The molecule has 2 amide bonds. The molecule has 1 aromatic carbocycles. The molecule has 2 aliphatic rings. The van der Waals surface area contributed by atoms with Gasteiger partial charge in [-0.05, 0) is 31.9 Å². The number of nitrogens with one attached hydrogen (secondary N) is 1. The van der Waals surface area contributed by atoms with E-state index in [4.69, 9.17) is 9.72 Å². The molecule has 0 spiro atoms. The van der Waals surface area contributed by atoms with Crippen molar-refractivity contribution in [3.05, 3.63) is 41.3 Å². The molecule has 1 aromatic heterocycles. The summed E-state index contributed by atoms with van der Waals surface area (Å²) in [5.74, 6) is 2.54. The number of hydrogen-bond donors (Lipinski definition) is 1. The molecule has 4 rings (SSSR count). The summed E-state index contributed by atoms with van der Waals surface area (Å²) < 4.78 is 5.23. The smallest absolute Gasteiger partial charge is 0.322 e. The molecule has 1 saturated heterocycles. The molecule has 7 heteroatoms. The monoisotopic (exact) mass is 367 g/mol. The first kappa shape index (κ1) is 17.6. The number of aromatic nitrogens is 2. The predicted octanol–water partition coefficient (Wildman–Crippen LogP) is 2.98. The van der Waals surface area contributed by atoms with E-state index in [9.17, 15) is 4.79 Å². The molecule has 0 saturated carbocycles. The number of hydrogen-bond acceptors (Lipinski definition) is 5. The van der Waals surface area contributed by atoms with Crippen LogP contribution in [0.4, 0.5) is 16.3 Å². The first-order valence-corrected chi connectivity index (χ1v) is 9.45. The van der Waals surface area contributed by atoms with Gasteiger partial charge in [0.1, 0.15) is 17.4 Å². The average Bonchev–Trinajstić information content (AvgIpc) is 3.21.